The molecule has 1 aromatic carbocycles. The highest BCUT2D eigenvalue weighted by Crippen LogP contribution is 2.26. The number of benzene rings is 1. The number of ether oxygens (including phenoxy) is 1. The summed E-state index contributed by atoms with van der Waals surface area (Å²) in [5.41, 5.74) is -1.91. The minimum Gasteiger partial charge on any atom is -0.379 e. The van der Waals surface area contributed by atoms with Crippen LogP contribution in [0.1, 0.15) is 12.8 Å². The van der Waals surface area contributed by atoms with Crippen LogP contribution in [0.15, 0.2) is 63.5 Å². The molecule has 0 radical (unpaired) electrons. The van der Waals surface area contributed by atoms with Crippen molar-refractivity contribution < 1.29 is 21.9 Å². The van der Waals surface area contributed by atoms with Gasteiger partial charge in [-0.3, -0.25) is 4.79 Å². The lowest BCUT2D eigenvalue weighted by molar-refractivity contribution is -0.0234. The number of alkyl halides is 1. The fraction of sp³-hybridized carbons (Fsp3) is 0.286. The summed E-state index contributed by atoms with van der Waals surface area (Å²) in [4.78, 5) is 16.5. The fourth-order valence-electron chi connectivity index (χ4n) is 3.34. The molecule has 1 aliphatic heterocycles. The fourth-order valence-corrected chi connectivity index (χ4v) is 4.71. The largest absolute Gasteiger partial charge is 0.379 e. The van der Waals surface area contributed by atoms with E-state index in [2.05, 4.69) is 15.4 Å². The summed E-state index contributed by atoms with van der Waals surface area (Å²) in [6.45, 7) is 0.387. The summed E-state index contributed by atoms with van der Waals surface area (Å²) < 4.78 is 59.2. The van der Waals surface area contributed by atoms with Crippen molar-refractivity contribution in [1.82, 2.24) is 14.8 Å². The Balaban J connectivity index is 1.55. The molecule has 1 saturated heterocycles. The van der Waals surface area contributed by atoms with Gasteiger partial charge in [0.15, 0.2) is 10.7 Å². The van der Waals surface area contributed by atoms with Gasteiger partial charge in [-0.15, -0.1) is 0 Å². The topological polar surface area (TPSA) is 103 Å². The van der Waals surface area contributed by atoms with Crippen LogP contribution < -0.4 is 10.9 Å². The molecule has 0 aliphatic carbocycles. The Morgan fingerprint density at radius 1 is 1.18 bits per heavy atom. The number of anilines is 1. The van der Waals surface area contributed by atoms with Gasteiger partial charge < -0.3 is 10.1 Å². The molecule has 1 unspecified atom stereocenters. The number of nitrogens with zero attached hydrogens (tertiary/aromatic N) is 3. The van der Waals surface area contributed by atoms with Crippen LogP contribution in [0.3, 0.4) is 0 Å². The van der Waals surface area contributed by atoms with Crippen molar-refractivity contribution in [3.05, 3.63) is 70.0 Å². The maximum Gasteiger partial charge on any atom is 0.292 e. The maximum atomic E-state index is 14.7. The zero-order chi connectivity index (χ0) is 23.6. The lowest BCUT2D eigenvalue weighted by Crippen LogP contribution is -2.40. The number of hydrogen-bond donors (Lipinski definition) is 1. The molecule has 1 fully saturated rings. The van der Waals surface area contributed by atoms with Crippen LogP contribution in [0, 0.1) is 5.82 Å². The SMILES string of the molecule is O=c1c(Cl)c(NCC2(F)CCCOC2)cnn1-c1ccc(S(=O)(=O)c2ccc(F)cc2)nc1. The number of nitrogens with one attached hydrogen (secondary N) is 1. The van der Waals surface area contributed by atoms with Gasteiger partial charge in [0, 0.05) is 6.61 Å². The van der Waals surface area contributed by atoms with E-state index in [1.165, 1.54) is 18.3 Å². The van der Waals surface area contributed by atoms with E-state index in [1.54, 1.807) is 0 Å². The second kappa shape index (κ2) is 9.16. The Kier molecular flexibility index (Phi) is 6.46. The van der Waals surface area contributed by atoms with Crippen LogP contribution in [-0.4, -0.2) is 48.6 Å². The number of hydrogen-bond acceptors (Lipinski definition) is 7. The van der Waals surface area contributed by atoms with Gasteiger partial charge in [-0.1, -0.05) is 11.6 Å². The van der Waals surface area contributed by atoms with E-state index in [0.29, 0.717) is 19.4 Å². The lowest BCUT2D eigenvalue weighted by Gasteiger charge is -2.29. The number of rotatable bonds is 6. The van der Waals surface area contributed by atoms with Crippen LogP contribution in [0.5, 0.6) is 0 Å². The van der Waals surface area contributed by atoms with Crippen molar-refractivity contribution in [2.45, 2.75) is 28.4 Å². The smallest absolute Gasteiger partial charge is 0.292 e. The highest BCUT2D eigenvalue weighted by Gasteiger charge is 2.32. The summed E-state index contributed by atoms with van der Waals surface area (Å²) in [6, 6.07) is 6.90. The van der Waals surface area contributed by atoms with E-state index in [4.69, 9.17) is 16.3 Å². The van der Waals surface area contributed by atoms with Crippen molar-refractivity contribution in [2.75, 3.05) is 25.1 Å². The predicted molar refractivity (Wildman–Crippen MR) is 117 cm³/mol. The molecule has 3 heterocycles. The molecule has 0 saturated carbocycles. The standard InChI is InChI=1S/C21H19ClF2N4O4S/c22-19-17(26-12-21(24)8-1-9-32-13-21)11-27-28(20(19)29)15-4-7-18(25-10-15)33(30,31)16-5-2-14(23)3-6-16/h2-7,10-11,26H,1,8-9,12-13H2. The zero-order valence-corrected chi connectivity index (χ0v) is 18.7. The Labute approximate surface area is 193 Å². The summed E-state index contributed by atoms with van der Waals surface area (Å²) in [5, 5.41) is 6.36. The van der Waals surface area contributed by atoms with Crippen molar-refractivity contribution in [3.8, 4) is 5.69 Å². The molecule has 12 heteroatoms. The van der Waals surface area contributed by atoms with E-state index in [-0.39, 0.29) is 39.5 Å². The van der Waals surface area contributed by atoms with E-state index < -0.39 is 26.9 Å². The van der Waals surface area contributed by atoms with Gasteiger partial charge >= 0.3 is 0 Å². The average Bonchev–Trinajstić information content (AvgIpc) is 2.81. The van der Waals surface area contributed by atoms with Crippen LogP contribution in [-0.2, 0) is 14.6 Å². The summed E-state index contributed by atoms with van der Waals surface area (Å²) in [5.74, 6) is -0.564. The Morgan fingerprint density at radius 2 is 1.94 bits per heavy atom. The Morgan fingerprint density at radius 3 is 2.58 bits per heavy atom. The van der Waals surface area contributed by atoms with Crippen molar-refractivity contribution in [1.29, 1.82) is 0 Å². The zero-order valence-electron chi connectivity index (χ0n) is 17.2. The number of pyridine rings is 1. The van der Waals surface area contributed by atoms with Crippen LogP contribution in [0.2, 0.25) is 5.02 Å². The lowest BCUT2D eigenvalue weighted by atomic mass is 9.99. The first-order valence-corrected chi connectivity index (χ1v) is 11.8. The number of sulfone groups is 1. The molecule has 0 spiro atoms. The molecule has 1 aliphatic rings. The van der Waals surface area contributed by atoms with Crippen molar-refractivity contribution in [2.24, 2.45) is 0 Å². The van der Waals surface area contributed by atoms with E-state index in [9.17, 15) is 22.0 Å². The summed E-state index contributed by atoms with van der Waals surface area (Å²) >= 11 is 6.17. The molecule has 4 rings (SSSR count). The van der Waals surface area contributed by atoms with Crippen LogP contribution in [0.4, 0.5) is 14.5 Å². The predicted octanol–water partition coefficient (Wildman–Crippen LogP) is 3.18. The highest BCUT2D eigenvalue weighted by molar-refractivity contribution is 7.91. The molecule has 33 heavy (non-hydrogen) atoms. The maximum absolute atomic E-state index is 14.7. The number of halogens is 3. The third-order valence-electron chi connectivity index (χ3n) is 5.15. The average molecular weight is 497 g/mol. The van der Waals surface area contributed by atoms with Gasteiger partial charge in [-0.05, 0) is 49.2 Å². The number of aromatic nitrogens is 3. The normalized spacial score (nSPS) is 18.8. The van der Waals surface area contributed by atoms with Gasteiger partial charge in [-0.2, -0.15) is 9.78 Å². The summed E-state index contributed by atoms with van der Waals surface area (Å²) in [6.07, 6.45) is 3.37. The monoisotopic (exact) mass is 496 g/mol. The molecule has 0 bridgehead atoms. The van der Waals surface area contributed by atoms with E-state index in [0.717, 1.165) is 35.1 Å². The van der Waals surface area contributed by atoms with Crippen molar-refractivity contribution in [3.63, 3.8) is 0 Å². The molecular formula is C21H19ClF2N4O4S. The molecule has 8 nitrogen and oxygen atoms in total. The van der Waals surface area contributed by atoms with Gasteiger partial charge in [-0.25, -0.2) is 22.2 Å². The third-order valence-corrected chi connectivity index (χ3v) is 7.20. The molecule has 1 atom stereocenters. The Hall–Kier alpha value is -2.89. The summed E-state index contributed by atoms with van der Waals surface area (Å²) in [7, 11) is -3.97. The van der Waals surface area contributed by atoms with Gasteiger partial charge in [0.05, 0.1) is 41.8 Å². The van der Waals surface area contributed by atoms with Crippen LogP contribution >= 0.6 is 11.6 Å². The van der Waals surface area contributed by atoms with Crippen molar-refractivity contribution >= 4 is 27.1 Å². The molecule has 1 N–H and O–H groups in total. The molecule has 0 amide bonds. The van der Waals surface area contributed by atoms with E-state index >= 15 is 0 Å². The second-order valence-corrected chi connectivity index (χ2v) is 9.84. The molecule has 3 aromatic rings. The third kappa shape index (κ3) is 4.90. The Bertz CT molecular complexity index is 1310. The molecule has 2 aromatic heterocycles. The van der Waals surface area contributed by atoms with Gasteiger partial charge in [0.2, 0.25) is 9.84 Å². The first kappa shape index (κ1) is 23.3. The highest BCUT2D eigenvalue weighted by atomic mass is 35.5. The van der Waals surface area contributed by atoms with E-state index in [1.807, 2.05) is 0 Å². The second-order valence-electron chi connectivity index (χ2n) is 7.56. The first-order valence-electron chi connectivity index (χ1n) is 9.95. The first-order chi connectivity index (χ1) is 15.7. The molecular weight excluding hydrogens is 478 g/mol. The van der Waals surface area contributed by atoms with Gasteiger partial charge in [0.25, 0.3) is 5.56 Å². The van der Waals surface area contributed by atoms with Crippen LogP contribution in [0.25, 0.3) is 5.69 Å². The molecule has 174 valence electrons. The minimum absolute atomic E-state index is 0.0407. The van der Waals surface area contributed by atoms with Gasteiger partial charge in [0.1, 0.15) is 10.8 Å². The quantitative estimate of drug-likeness (QED) is 0.523. The minimum atomic E-state index is -3.97.